The van der Waals surface area contributed by atoms with Crippen LogP contribution in [0.15, 0.2) is 54.6 Å². The third-order valence-electron chi connectivity index (χ3n) is 4.47. The average Bonchev–Trinajstić information content (AvgIpc) is 2.62. The molecule has 1 aliphatic heterocycles. The van der Waals surface area contributed by atoms with Crippen LogP contribution in [0.2, 0.25) is 0 Å². The second-order valence-corrected chi connectivity index (χ2v) is 6.18. The molecule has 1 heterocycles. The fourth-order valence-electron chi connectivity index (χ4n) is 3.20. The van der Waals surface area contributed by atoms with Gasteiger partial charge in [0.15, 0.2) is 0 Å². The maximum absolute atomic E-state index is 11.8. The molecule has 1 atom stereocenters. The van der Waals surface area contributed by atoms with Gasteiger partial charge in [0.05, 0.1) is 0 Å². The van der Waals surface area contributed by atoms with Crippen molar-refractivity contribution in [2.45, 2.75) is 31.7 Å². The summed E-state index contributed by atoms with van der Waals surface area (Å²) >= 11 is 0. The molecule has 0 spiro atoms. The van der Waals surface area contributed by atoms with Crippen molar-refractivity contribution in [3.63, 3.8) is 0 Å². The number of rotatable bonds is 6. The van der Waals surface area contributed by atoms with Gasteiger partial charge in [-0.2, -0.15) is 0 Å². The average molecular weight is 325 g/mol. The smallest absolute Gasteiger partial charge is 0.321 e. The van der Waals surface area contributed by atoms with Crippen molar-refractivity contribution < 1.29 is 14.6 Å². The van der Waals surface area contributed by atoms with E-state index in [-0.39, 0.29) is 0 Å². The van der Waals surface area contributed by atoms with E-state index in [1.54, 1.807) is 0 Å². The Balaban J connectivity index is 1.79. The minimum absolute atomic E-state index is 0.457. The van der Waals surface area contributed by atoms with E-state index in [1.807, 2.05) is 54.6 Å². The molecule has 126 valence electrons. The molecule has 1 fully saturated rings. The van der Waals surface area contributed by atoms with Gasteiger partial charge in [0.1, 0.15) is 17.5 Å². The van der Waals surface area contributed by atoms with Crippen LogP contribution in [0, 0.1) is 0 Å². The second kappa shape index (κ2) is 7.97. The summed E-state index contributed by atoms with van der Waals surface area (Å²) in [7, 11) is 0. The van der Waals surface area contributed by atoms with Crippen LogP contribution in [0.1, 0.15) is 24.8 Å². The van der Waals surface area contributed by atoms with Crippen LogP contribution in [-0.2, 0) is 11.2 Å². The Morgan fingerprint density at radius 3 is 2.38 bits per heavy atom. The third kappa shape index (κ3) is 4.15. The number of hydrogen-bond donors (Lipinski definition) is 1. The monoisotopic (exact) mass is 325 g/mol. The third-order valence-corrected chi connectivity index (χ3v) is 4.47. The predicted molar refractivity (Wildman–Crippen MR) is 93.5 cm³/mol. The quantitative estimate of drug-likeness (QED) is 0.873. The van der Waals surface area contributed by atoms with Gasteiger partial charge in [-0.1, -0.05) is 42.8 Å². The van der Waals surface area contributed by atoms with Crippen molar-refractivity contribution in [3.05, 3.63) is 60.2 Å². The van der Waals surface area contributed by atoms with E-state index < -0.39 is 12.0 Å². The van der Waals surface area contributed by atoms with Crippen LogP contribution >= 0.6 is 0 Å². The fraction of sp³-hybridized carbons (Fsp3) is 0.350. The maximum atomic E-state index is 11.8. The van der Waals surface area contributed by atoms with Gasteiger partial charge in [-0.3, -0.25) is 9.69 Å². The summed E-state index contributed by atoms with van der Waals surface area (Å²) in [4.78, 5) is 13.9. The Bertz CT molecular complexity index is 666. The highest BCUT2D eigenvalue weighted by Gasteiger charge is 2.27. The number of likely N-dealkylation sites (tertiary alicyclic amines) is 1. The Morgan fingerprint density at radius 2 is 1.67 bits per heavy atom. The lowest BCUT2D eigenvalue weighted by molar-refractivity contribution is -0.143. The van der Waals surface area contributed by atoms with Crippen LogP contribution in [0.3, 0.4) is 0 Å². The van der Waals surface area contributed by atoms with Crippen molar-refractivity contribution in [1.29, 1.82) is 0 Å². The van der Waals surface area contributed by atoms with Gasteiger partial charge in [-0.05, 0) is 49.7 Å². The number of carboxylic acids is 1. The van der Waals surface area contributed by atoms with Crippen LogP contribution in [-0.4, -0.2) is 35.1 Å². The molecule has 0 aromatic heterocycles. The summed E-state index contributed by atoms with van der Waals surface area (Å²) in [5.41, 5.74) is 0.930. The molecule has 0 amide bonds. The van der Waals surface area contributed by atoms with E-state index >= 15 is 0 Å². The van der Waals surface area contributed by atoms with Gasteiger partial charge in [0, 0.05) is 6.42 Å². The molecule has 0 bridgehead atoms. The fourth-order valence-corrected chi connectivity index (χ4v) is 3.20. The highest BCUT2D eigenvalue weighted by atomic mass is 16.5. The summed E-state index contributed by atoms with van der Waals surface area (Å²) in [6, 6.07) is 16.8. The molecule has 24 heavy (non-hydrogen) atoms. The van der Waals surface area contributed by atoms with Crippen LogP contribution in [0.25, 0.3) is 0 Å². The lowest BCUT2D eigenvalue weighted by atomic mass is 10.0. The summed E-state index contributed by atoms with van der Waals surface area (Å²) in [6.07, 6.45) is 3.80. The van der Waals surface area contributed by atoms with E-state index in [2.05, 4.69) is 4.90 Å². The van der Waals surface area contributed by atoms with Gasteiger partial charge in [0.2, 0.25) is 0 Å². The molecule has 4 nitrogen and oxygen atoms in total. The first-order chi connectivity index (χ1) is 11.7. The number of piperidine rings is 1. The molecule has 2 aromatic carbocycles. The van der Waals surface area contributed by atoms with E-state index in [0.29, 0.717) is 6.42 Å². The molecular formula is C20H23NO3. The molecule has 3 rings (SSSR count). The number of ether oxygens (including phenoxy) is 1. The molecule has 0 saturated carbocycles. The topological polar surface area (TPSA) is 49.8 Å². The predicted octanol–water partition coefficient (Wildman–Crippen LogP) is 3.96. The zero-order valence-corrected chi connectivity index (χ0v) is 13.7. The minimum atomic E-state index is -0.758. The van der Waals surface area contributed by atoms with Crippen LogP contribution in [0.5, 0.6) is 11.5 Å². The molecule has 0 aliphatic carbocycles. The number of carbonyl (C=O) groups is 1. The van der Waals surface area contributed by atoms with E-state index in [9.17, 15) is 9.90 Å². The van der Waals surface area contributed by atoms with Crippen LogP contribution < -0.4 is 4.74 Å². The van der Waals surface area contributed by atoms with Crippen molar-refractivity contribution in [2.24, 2.45) is 0 Å². The Labute approximate surface area is 142 Å². The minimum Gasteiger partial charge on any atom is -0.480 e. The Morgan fingerprint density at radius 1 is 1.00 bits per heavy atom. The number of aliphatic carboxylic acids is 1. The molecule has 4 heteroatoms. The number of carboxylic acid groups (broad SMARTS) is 1. The Kier molecular flexibility index (Phi) is 5.49. The number of hydrogen-bond acceptors (Lipinski definition) is 3. The number of nitrogens with zero attached hydrogens (tertiary/aromatic N) is 1. The Hall–Kier alpha value is -2.33. The van der Waals surface area contributed by atoms with Gasteiger partial charge >= 0.3 is 5.97 Å². The molecule has 1 saturated heterocycles. The first-order valence-corrected chi connectivity index (χ1v) is 8.52. The summed E-state index contributed by atoms with van der Waals surface area (Å²) < 4.78 is 5.97. The zero-order chi connectivity index (χ0) is 16.8. The van der Waals surface area contributed by atoms with Crippen LogP contribution in [0.4, 0.5) is 0 Å². The highest BCUT2D eigenvalue weighted by Crippen LogP contribution is 2.27. The second-order valence-electron chi connectivity index (χ2n) is 6.18. The molecule has 2 aromatic rings. The van der Waals surface area contributed by atoms with Crippen molar-refractivity contribution >= 4 is 5.97 Å². The number of benzene rings is 2. The molecule has 1 unspecified atom stereocenters. The van der Waals surface area contributed by atoms with Gasteiger partial charge in [-0.15, -0.1) is 0 Å². The first kappa shape index (κ1) is 16.5. The number of para-hydroxylation sites is 2. The van der Waals surface area contributed by atoms with E-state index in [4.69, 9.17) is 4.74 Å². The molecule has 0 radical (unpaired) electrons. The van der Waals surface area contributed by atoms with E-state index in [0.717, 1.165) is 43.0 Å². The van der Waals surface area contributed by atoms with Gasteiger partial charge in [0.25, 0.3) is 0 Å². The summed E-state index contributed by atoms with van der Waals surface area (Å²) in [5.74, 6) is 0.730. The molecule has 1 aliphatic rings. The van der Waals surface area contributed by atoms with Crippen molar-refractivity contribution in [3.8, 4) is 11.5 Å². The lowest BCUT2D eigenvalue weighted by Crippen LogP contribution is -2.45. The SMILES string of the molecule is O=C(O)C(Cc1ccccc1Oc1ccccc1)N1CCCCC1. The lowest BCUT2D eigenvalue weighted by Gasteiger charge is -2.32. The highest BCUT2D eigenvalue weighted by molar-refractivity contribution is 5.74. The van der Waals surface area contributed by atoms with Gasteiger partial charge in [-0.25, -0.2) is 0 Å². The van der Waals surface area contributed by atoms with E-state index in [1.165, 1.54) is 6.42 Å². The summed E-state index contributed by atoms with van der Waals surface area (Å²) in [5, 5.41) is 9.68. The van der Waals surface area contributed by atoms with Crippen molar-refractivity contribution in [2.75, 3.05) is 13.1 Å². The van der Waals surface area contributed by atoms with Gasteiger partial charge < -0.3 is 9.84 Å². The molecular weight excluding hydrogens is 302 g/mol. The standard InChI is InChI=1S/C20H23NO3/c22-20(23)18(21-13-7-2-8-14-21)15-16-9-5-6-12-19(16)24-17-10-3-1-4-11-17/h1,3-6,9-12,18H,2,7-8,13-15H2,(H,22,23). The maximum Gasteiger partial charge on any atom is 0.321 e. The first-order valence-electron chi connectivity index (χ1n) is 8.52. The van der Waals surface area contributed by atoms with Crippen molar-refractivity contribution in [1.82, 2.24) is 4.90 Å². The normalized spacial score (nSPS) is 16.5. The largest absolute Gasteiger partial charge is 0.480 e. The zero-order valence-electron chi connectivity index (χ0n) is 13.7. The summed E-state index contributed by atoms with van der Waals surface area (Å²) in [6.45, 7) is 1.72. The molecule has 1 N–H and O–H groups in total.